The number of rotatable bonds is 5. The highest BCUT2D eigenvalue weighted by Crippen LogP contribution is 2.22. The normalized spacial score (nSPS) is 11.2. The third-order valence-electron chi connectivity index (χ3n) is 3.16. The van der Waals surface area contributed by atoms with E-state index >= 15 is 0 Å². The molecule has 0 atom stereocenters. The van der Waals surface area contributed by atoms with Crippen molar-refractivity contribution < 1.29 is 22.9 Å². The molecule has 0 aliphatic heterocycles. The van der Waals surface area contributed by atoms with Gasteiger partial charge in [-0.15, -0.1) is 0 Å². The minimum Gasteiger partial charge on any atom is -0.478 e. The third kappa shape index (κ3) is 3.63. The maximum absolute atomic E-state index is 11.6. The number of carbonyl (C=O) groups is 1. The van der Waals surface area contributed by atoms with Crippen molar-refractivity contribution in [1.29, 1.82) is 0 Å². The number of benzene rings is 2. The van der Waals surface area contributed by atoms with Crippen molar-refractivity contribution in [2.45, 2.75) is 13.5 Å². The molecule has 0 radical (unpaired) electrons. The van der Waals surface area contributed by atoms with Gasteiger partial charge in [-0.3, -0.25) is 4.55 Å². The van der Waals surface area contributed by atoms with Crippen LogP contribution in [-0.2, 0) is 16.8 Å². The Labute approximate surface area is 128 Å². The number of anilines is 1. The third-order valence-corrected chi connectivity index (χ3v) is 4.06. The van der Waals surface area contributed by atoms with Crippen LogP contribution >= 0.6 is 0 Å². The molecular weight excluding hydrogens is 306 g/mol. The van der Waals surface area contributed by atoms with Crippen LogP contribution in [0.15, 0.2) is 48.5 Å². The van der Waals surface area contributed by atoms with Gasteiger partial charge in [-0.25, -0.2) is 9.10 Å². The molecule has 0 amide bonds. The second kappa shape index (κ2) is 6.17. The highest BCUT2D eigenvalue weighted by atomic mass is 32.2. The van der Waals surface area contributed by atoms with Crippen molar-refractivity contribution >= 4 is 22.0 Å². The van der Waals surface area contributed by atoms with Crippen LogP contribution in [0.25, 0.3) is 0 Å². The van der Waals surface area contributed by atoms with Crippen LogP contribution in [0.4, 0.5) is 5.69 Å². The number of hydrogen-bond donors (Lipinski definition) is 2. The van der Waals surface area contributed by atoms with Gasteiger partial charge in [0.05, 0.1) is 17.8 Å². The molecule has 0 saturated carbocycles. The average Bonchev–Trinajstić information content (AvgIpc) is 2.45. The Bertz CT molecular complexity index is 784. The number of aromatic carboxylic acids is 1. The number of aryl methyl sites for hydroxylation is 1. The first-order valence-corrected chi connectivity index (χ1v) is 7.82. The van der Waals surface area contributed by atoms with E-state index in [0.29, 0.717) is 0 Å². The molecule has 0 fully saturated rings. The van der Waals surface area contributed by atoms with E-state index in [0.717, 1.165) is 9.87 Å². The minimum atomic E-state index is -4.53. The van der Waals surface area contributed by atoms with Gasteiger partial charge < -0.3 is 5.11 Å². The summed E-state index contributed by atoms with van der Waals surface area (Å²) in [5.74, 6) is -1.16. The minimum absolute atomic E-state index is 0.0109. The van der Waals surface area contributed by atoms with Crippen LogP contribution < -0.4 is 4.31 Å². The predicted octanol–water partition coefficient (Wildman–Crippen LogP) is 2.50. The molecule has 116 valence electrons. The summed E-state index contributed by atoms with van der Waals surface area (Å²) >= 11 is 0. The van der Waals surface area contributed by atoms with Crippen molar-refractivity contribution in [2.24, 2.45) is 0 Å². The highest BCUT2D eigenvalue weighted by molar-refractivity contribution is 7.87. The van der Waals surface area contributed by atoms with E-state index in [-0.39, 0.29) is 23.4 Å². The van der Waals surface area contributed by atoms with Crippen LogP contribution in [0.5, 0.6) is 0 Å². The van der Waals surface area contributed by atoms with Gasteiger partial charge in [-0.1, -0.05) is 35.9 Å². The first-order valence-electron chi connectivity index (χ1n) is 6.42. The van der Waals surface area contributed by atoms with Gasteiger partial charge in [-0.2, -0.15) is 8.42 Å². The lowest BCUT2D eigenvalue weighted by Crippen LogP contribution is -2.30. The molecule has 0 heterocycles. The molecule has 0 saturated heterocycles. The SMILES string of the molecule is Cc1ccc(N(Cc2ccccc2C(=O)O)S(=O)(=O)O)cc1. The van der Waals surface area contributed by atoms with Gasteiger partial charge in [0.2, 0.25) is 0 Å². The Morgan fingerprint density at radius 2 is 1.68 bits per heavy atom. The van der Waals surface area contributed by atoms with Crippen molar-refractivity contribution in [3.05, 3.63) is 65.2 Å². The van der Waals surface area contributed by atoms with E-state index in [2.05, 4.69) is 0 Å². The fraction of sp³-hybridized carbons (Fsp3) is 0.133. The quantitative estimate of drug-likeness (QED) is 0.825. The summed E-state index contributed by atoms with van der Waals surface area (Å²) in [5.41, 5.74) is 1.47. The summed E-state index contributed by atoms with van der Waals surface area (Å²) in [6.45, 7) is 1.58. The molecule has 2 aromatic carbocycles. The Balaban J connectivity index is 2.45. The van der Waals surface area contributed by atoms with E-state index in [4.69, 9.17) is 5.11 Å². The van der Waals surface area contributed by atoms with Crippen molar-refractivity contribution in [1.82, 2.24) is 0 Å². The van der Waals surface area contributed by atoms with E-state index in [1.165, 1.54) is 12.1 Å². The standard InChI is InChI=1S/C15H15NO5S/c1-11-6-8-13(9-7-11)16(22(19,20)21)10-12-4-2-3-5-14(12)15(17)18/h2-9H,10H2,1H3,(H,17,18)(H,19,20,21). The fourth-order valence-electron chi connectivity index (χ4n) is 2.04. The second-order valence-electron chi connectivity index (χ2n) is 4.78. The zero-order chi connectivity index (χ0) is 16.3. The van der Waals surface area contributed by atoms with Crippen LogP contribution in [0.1, 0.15) is 21.5 Å². The molecule has 2 aromatic rings. The van der Waals surface area contributed by atoms with Crippen molar-refractivity contribution in [2.75, 3.05) is 4.31 Å². The molecule has 2 N–H and O–H groups in total. The summed E-state index contributed by atoms with van der Waals surface area (Å²) in [6, 6.07) is 12.6. The lowest BCUT2D eigenvalue weighted by atomic mass is 10.1. The highest BCUT2D eigenvalue weighted by Gasteiger charge is 2.22. The maximum Gasteiger partial charge on any atom is 0.360 e. The monoisotopic (exact) mass is 321 g/mol. The molecular formula is C15H15NO5S. The molecule has 0 aromatic heterocycles. The lowest BCUT2D eigenvalue weighted by Gasteiger charge is -2.22. The summed E-state index contributed by atoms with van der Waals surface area (Å²) in [7, 11) is -4.53. The zero-order valence-corrected chi connectivity index (χ0v) is 12.6. The number of carboxylic acid groups (broad SMARTS) is 1. The first kappa shape index (κ1) is 16.0. The Hall–Kier alpha value is -2.38. The van der Waals surface area contributed by atoms with Crippen LogP contribution in [0, 0.1) is 6.92 Å². The zero-order valence-electron chi connectivity index (χ0n) is 11.8. The van der Waals surface area contributed by atoms with Gasteiger partial charge >= 0.3 is 16.3 Å². The molecule has 7 heteroatoms. The topological polar surface area (TPSA) is 94.9 Å². The molecule has 6 nitrogen and oxygen atoms in total. The summed E-state index contributed by atoms with van der Waals surface area (Å²) in [6.07, 6.45) is 0. The van der Waals surface area contributed by atoms with Gasteiger partial charge in [0, 0.05) is 0 Å². The van der Waals surface area contributed by atoms with Gasteiger partial charge in [0.25, 0.3) is 0 Å². The Morgan fingerprint density at radius 1 is 1.09 bits per heavy atom. The molecule has 0 bridgehead atoms. The van der Waals surface area contributed by atoms with E-state index < -0.39 is 16.3 Å². The van der Waals surface area contributed by atoms with Gasteiger partial charge in [-0.05, 0) is 30.7 Å². The summed E-state index contributed by atoms with van der Waals surface area (Å²) in [4.78, 5) is 11.2. The molecule has 0 unspecified atom stereocenters. The molecule has 0 spiro atoms. The van der Waals surface area contributed by atoms with Crippen LogP contribution in [0.2, 0.25) is 0 Å². The van der Waals surface area contributed by atoms with Crippen molar-refractivity contribution in [3.8, 4) is 0 Å². The van der Waals surface area contributed by atoms with Crippen LogP contribution in [0.3, 0.4) is 0 Å². The average molecular weight is 321 g/mol. The molecule has 2 rings (SSSR count). The van der Waals surface area contributed by atoms with Crippen molar-refractivity contribution in [3.63, 3.8) is 0 Å². The number of carboxylic acids is 1. The molecule has 22 heavy (non-hydrogen) atoms. The second-order valence-corrected chi connectivity index (χ2v) is 6.12. The summed E-state index contributed by atoms with van der Waals surface area (Å²) < 4.78 is 33.5. The molecule has 0 aliphatic carbocycles. The van der Waals surface area contributed by atoms with E-state index in [1.807, 2.05) is 6.92 Å². The largest absolute Gasteiger partial charge is 0.478 e. The van der Waals surface area contributed by atoms with Gasteiger partial charge in [0.15, 0.2) is 0 Å². The maximum atomic E-state index is 11.6. The van der Waals surface area contributed by atoms with E-state index in [9.17, 15) is 17.8 Å². The lowest BCUT2D eigenvalue weighted by molar-refractivity contribution is 0.0695. The Morgan fingerprint density at radius 3 is 2.23 bits per heavy atom. The Kier molecular flexibility index (Phi) is 4.48. The summed E-state index contributed by atoms with van der Waals surface area (Å²) in [5, 5.41) is 9.16. The first-order chi connectivity index (χ1) is 10.3. The smallest absolute Gasteiger partial charge is 0.360 e. The number of hydrogen-bond acceptors (Lipinski definition) is 3. The number of nitrogens with zero attached hydrogens (tertiary/aromatic N) is 1. The van der Waals surface area contributed by atoms with E-state index in [1.54, 1.807) is 36.4 Å². The fourth-order valence-corrected chi connectivity index (χ4v) is 2.73. The predicted molar refractivity (Wildman–Crippen MR) is 82.3 cm³/mol. The van der Waals surface area contributed by atoms with Gasteiger partial charge in [0.1, 0.15) is 0 Å². The molecule has 0 aliphatic rings. The van der Waals surface area contributed by atoms with Crippen LogP contribution in [-0.4, -0.2) is 24.0 Å².